The van der Waals surface area contributed by atoms with Crippen LogP contribution in [0.3, 0.4) is 0 Å². The Labute approximate surface area is 101 Å². The molecule has 7 heteroatoms. The van der Waals surface area contributed by atoms with E-state index in [1.807, 2.05) is 0 Å². The molecule has 0 unspecified atom stereocenters. The predicted octanol–water partition coefficient (Wildman–Crippen LogP) is 2.21. The molecule has 0 aliphatic heterocycles. The Morgan fingerprint density at radius 2 is 2.31 bits per heavy atom. The first-order chi connectivity index (χ1) is 7.63. The van der Waals surface area contributed by atoms with Gasteiger partial charge in [-0.2, -0.15) is 5.10 Å². The third-order valence-corrected chi connectivity index (χ3v) is 2.41. The number of halogens is 2. The number of carbonyl (C=O) groups excluding carboxylic acids is 1. The molecule has 0 amide bonds. The number of hydrogen-bond acceptors (Lipinski definition) is 4. The summed E-state index contributed by atoms with van der Waals surface area (Å²) in [7, 11) is 0. The minimum Gasteiger partial charge on any atom is -0.461 e. The lowest BCUT2D eigenvalue weighted by atomic mass is 10.4. The minimum absolute atomic E-state index is 0.113. The van der Waals surface area contributed by atoms with Crippen LogP contribution in [0.4, 0.5) is 0 Å². The van der Waals surface area contributed by atoms with Crippen molar-refractivity contribution in [3.8, 4) is 0 Å². The standard InChI is InChI=1S/C9H7Cl2N3O2/c1-2-16-9(15)6-3-7(11)14-8(13-6)5(10)4-12-14/h3-4H,2H2,1H3. The Morgan fingerprint density at radius 3 is 3.00 bits per heavy atom. The molecule has 0 bridgehead atoms. The molecule has 0 atom stereocenters. The fourth-order valence-electron chi connectivity index (χ4n) is 1.21. The van der Waals surface area contributed by atoms with E-state index in [1.54, 1.807) is 6.92 Å². The molecule has 0 fully saturated rings. The number of esters is 1. The van der Waals surface area contributed by atoms with Crippen LogP contribution in [0.25, 0.3) is 5.65 Å². The number of ether oxygens (including phenoxy) is 1. The van der Waals surface area contributed by atoms with Gasteiger partial charge in [-0.25, -0.2) is 14.3 Å². The molecular formula is C9H7Cl2N3O2. The van der Waals surface area contributed by atoms with Crippen LogP contribution in [0, 0.1) is 0 Å². The topological polar surface area (TPSA) is 56.5 Å². The Balaban J connectivity index is 2.56. The van der Waals surface area contributed by atoms with Gasteiger partial charge in [0, 0.05) is 6.07 Å². The van der Waals surface area contributed by atoms with Gasteiger partial charge < -0.3 is 4.74 Å². The highest BCUT2D eigenvalue weighted by molar-refractivity contribution is 6.34. The van der Waals surface area contributed by atoms with Crippen molar-refractivity contribution in [2.24, 2.45) is 0 Å². The van der Waals surface area contributed by atoms with E-state index >= 15 is 0 Å². The highest BCUT2D eigenvalue weighted by atomic mass is 35.5. The second kappa shape index (κ2) is 4.27. The second-order valence-corrected chi connectivity index (χ2v) is 3.71. The van der Waals surface area contributed by atoms with Crippen molar-refractivity contribution in [3.63, 3.8) is 0 Å². The molecule has 5 nitrogen and oxygen atoms in total. The molecular weight excluding hydrogens is 253 g/mol. The van der Waals surface area contributed by atoms with E-state index in [1.165, 1.54) is 16.8 Å². The highest BCUT2D eigenvalue weighted by Gasteiger charge is 2.14. The molecule has 0 aliphatic carbocycles. The summed E-state index contributed by atoms with van der Waals surface area (Å²) in [6, 6.07) is 1.38. The van der Waals surface area contributed by atoms with Gasteiger partial charge in [0.05, 0.1) is 12.8 Å². The van der Waals surface area contributed by atoms with Gasteiger partial charge in [-0.1, -0.05) is 23.2 Å². The summed E-state index contributed by atoms with van der Waals surface area (Å²) < 4.78 is 6.16. The van der Waals surface area contributed by atoms with Crippen LogP contribution in [0.5, 0.6) is 0 Å². The summed E-state index contributed by atoms with van der Waals surface area (Å²) in [5.74, 6) is -0.538. The maximum absolute atomic E-state index is 11.5. The lowest BCUT2D eigenvalue weighted by Gasteiger charge is -2.02. The molecule has 0 saturated heterocycles. The molecule has 0 aromatic carbocycles. The van der Waals surface area contributed by atoms with E-state index < -0.39 is 5.97 Å². The summed E-state index contributed by atoms with van der Waals surface area (Å²) in [6.07, 6.45) is 1.41. The first-order valence-corrected chi connectivity index (χ1v) is 5.26. The number of hydrogen-bond donors (Lipinski definition) is 0. The predicted molar refractivity (Wildman–Crippen MR) is 59.0 cm³/mol. The van der Waals surface area contributed by atoms with Gasteiger partial charge in [0.15, 0.2) is 11.3 Å². The zero-order chi connectivity index (χ0) is 11.7. The van der Waals surface area contributed by atoms with E-state index in [0.29, 0.717) is 10.7 Å². The van der Waals surface area contributed by atoms with E-state index in [-0.39, 0.29) is 17.5 Å². The van der Waals surface area contributed by atoms with Crippen LogP contribution in [-0.4, -0.2) is 27.2 Å². The molecule has 0 N–H and O–H groups in total. The Bertz CT molecular complexity index is 553. The van der Waals surface area contributed by atoms with Crippen molar-refractivity contribution in [2.45, 2.75) is 6.92 Å². The average Bonchev–Trinajstić information content (AvgIpc) is 2.61. The van der Waals surface area contributed by atoms with Crippen LogP contribution in [0.15, 0.2) is 12.3 Å². The van der Waals surface area contributed by atoms with Gasteiger partial charge in [-0.05, 0) is 6.92 Å². The maximum Gasteiger partial charge on any atom is 0.357 e. The van der Waals surface area contributed by atoms with E-state index in [0.717, 1.165) is 0 Å². The fourth-order valence-corrected chi connectivity index (χ4v) is 1.60. The van der Waals surface area contributed by atoms with Gasteiger partial charge in [0.25, 0.3) is 0 Å². The van der Waals surface area contributed by atoms with Gasteiger partial charge >= 0.3 is 5.97 Å². The fraction of sp³-hybridized carbons (Fsp3) is 0.222. The third-order valence-electron chi connectivity index (χ3n) is 1.87. The van der Waals surface area contributed by atoms with Crippen molar-refractivity contribution >= 4 is 34.8 Å². The van der Waals surface area contributed by atoms with Gasteiger partial charge in [-0.15, -0.1) is 0 Å². The van der Waals surface area contributed by atoms with Crippen LogP contribution in [0.1, 0.15) is 17.4 Å². The molecule has 2 heterocycles. The van der Waals surface area contributed by atoms with Crippen molar-refractivity contribution in [1.29, 1.82) is 0 Å². The van der Waals surface area contributed by atoms with E-state index in [2.05, 4.69) is 10.1 Å². The molecule has 2 aromatic rings. The summed E-state index contributed by atoms with van der Waals surface area (Å²) in [6.45, 7) is 1.99. The minimum atomic E-state index is -0.538. The first kappa shape index (κ1) is 11.2. The van der Waals surface area contributed by atoms with Gasteiger partial charge in [-0.3, -0.25) is 0 Å². The monoisotopic (exact) mass is 259 g/mol. The number of carbonyl (C=O) groups is 1. The summed E-state index contributed by atoms with van der Waals surface area (Å²) in [5, 5.41) is 4.48. The summed E-state index contributed by atoms with van der Waals surface area (Å²) >= 11 is 11.8. The average molecular weight is 260 g/mol. The zero-order valence-corrected chi connectivity index (χ0v) is 9.79. The van der Waals surface area contributed by atoms with Gasteiger partial charge in [0.1, 0.15) is 10.2 Å². The summed E-state index contributed by atoms with van der Waals surface area (Å²) in [5.41, 5.74) is 0.443. The SMILES string of the molecule is CCOC(=O)c1cc(Cl)n2ncc(Cl)c2n1. The van der Waals surface area contributed by atoms with Crippen molar-refractivity contribution in [2.75, 3.05) is 6.61 Å². The molecule has 0 saturated carbocycles. The van der Waals surface area contributed by atoms with Crippen LogP contribution < -0.4 is 0 Å². The Morgan fingerprint density at radius 1 is 1.56 bits per heavy atom. The molecule has 0 radical (unpaired) electrons. The van der Waals surface area contributed by atoms with E-state index in [9.17, 15) is 4.79 Å². The van der Waals surface area contributed by atoms with Gasteiger partial charge in [0.2, 0.25) is 0 Å². The van der Waals surface area contributed by atoms with Crippen molar-refractivity contribution < 1.29 is 9.53 Å². The first-order valence-electron chi connectivity index (χ1n) is 4.50. The largest absolute Gasteiger partial charge is 0.461 e. The number of fused-ring (bicyclic) bond motifs is 1. The molecule has 0 aliphatic rings. The lowest BCUT2D eigenvalue weighted by Crippen LogP contribution is -2.08. The van der Waals surface area contributed by atoms with Crippen molar-refractivity contribution in [3.05, 3.63) is 28.1 Å². The second-order valence-electron chi connectivity index (χ2n) is 2.91. The number of rotatable bonds is 2. The number of nitrogens with zero attached hydrogens (tertiary/aromatic N) is 3. The van der Waals surface area contributed by atoms with Crippen molar-refractivity contribution in [1.82, 2.24) is 14.6 Å². The zero-order valence-electron chi connectivity index (χ0n) is 8.28. The summed E-state index contributed by atoms with van der Waals surface area (Å²) in [4.78, 5) is 15.5. The lowest BCUT2D eigenvalue weighted by molar-refractivity contribution is 0.0519. The molecule has 2 aromatic heterocycles. The van der Waals surface area contributed by atoms with Crippen LogP contribution in [-0.2, 0) is 4.74 Å². The third kappa shape index (κ3) is 1.83. The molecule has 0 spiro atoms. The van der Waals surface area contributed by atoms with Crippen LogP contribution in [0.2, 0.25) is 10.2 Å². The Hall–Kier alpha value is -1.33. The van der Waals surface area contributed by atoms with E-state index in [4.69, 9.17) is 27.9 Å². The molecule has 16 heavy (non-hydrogen) atoms. The van der Waals surface area contributed by atoms with Crippen LogP contribution >= 0.6 is 23.2 Å². The highest BCUT2D eigenvalue weighted by Crippen LogP contribution is 2.19. The quantitative estimate of drug-likeness (QED) is 0.613. The number of aromatic nitrogens is 3. The molecule has 2 rings (SSSR count). The maximum atomic E-state index is 11.5. The molecule has 84 valence electrons. The smallest absolute Gasteiger partial charge is 0.357 e. The normalized spacial score (nSPS) is 10.7. The Kier molecular flexibility index (Phi) is 2.98.